The lowest BCUT2D eigenvalue weighted by molar-refractivity contribution is -0.140. The molecule has 0 saturated heterocycles. The number of hydrogen-bond donors (Lipinski definition) is 0. The van der Waals surface area contributed by atoms with E-state index in [9.17, 15) is 0 Å². The molecular formula is C14H22O3. The van der Waals surface area contributed by atoms with Gasteiger partial charge in [0.1, 0.15) is 5.75 Å². The molecule has 0 fully saturated rings. The van der Waals surface area contributed by atoms with E-state index in [0.717, 1.165) is 11.3 Å². The maximum atomic E-state index is 5.59. The van der Waals surface area contributed by atoms with Crippen LogP contribution in [-0.2, 0) is 9.47 Å². The van der Waals surface area contributed by atoms with Gasteiger partial charge in [0.15, 0.2) is 6.29 Å². The summed E-state index contributed by atoms with van der Waals surface area (Å²) < 4.78 is 16.6. The molecule has 0 saturated carbocycles. The molecule has 1 aromatic rings. The molecule has 1 aromatic carbocycles. The first kappa shape index (κ1) is 14.0. The Morgan fingerprint density at radius 3 is 1.88 bits per heavy atom. The quantitative estimate of drug-likeness (QED) is 0.680. The van der Waals surface area contributed by atoms with Gasteiger partial charge in [-0.15, -0.1) is 0 Å². The van der Waals surface area contributed by atoms with Crippen LogP contribution in [0.3, 0.4) is 0 Å². The molecule has 0 aliphatic rings. The summed E-state index contributed by atoms with van der Waals surface area (Å²) in [7, 11) is 0. The molecule has 0 bridgehead atoms. The molecule has 0 atom stereocenters. The molecule has 96 valence electrons. The molecule has 0 aliphatic heterocycles. The highest BCUT2D eigenvalue weighted by Gasteiger charge is 2.11. The summed E-state index contributed by atoms with van der Waals surface area (Å²) >= 11 is 0. The van der Waals surface area contributed by atoms with Gasteiger partial charge in [-0.1, -0.05) is 12.1 Å². The van der Waals surface area contributed by atoms with Crippen molar-refractivity contribution in [2.45, 2.75) is 40.1 Å². The van der Waals surface area contributed by atoms with Crippen LogP contribution in [0.5, 0.6) is 5.75 Å². The number of ether oxygens (including phenoxy) is 3. The lowest BCUT2D eigenvalue weighted by Crippen LogP contribution is -2.09. The predicted octanol–water partition coefficient (Wildman–Crippen LogP) is 3.55. The molecule has 1 rings (SSSR count). The second-order valence-electron chi connectivity index (χ2n) is 3.98. The maximum absolute atomic E-state index is 5.59. The third-order valence-electron chi connectivity index (χ3n) is 2.16. The SMILES string of the molecule is CCOC(OCC)c1ccc(OC(C)C)cc1. The monoisotopic (exact) mass is 238 g/mol. The maximum Gasteiger partial charge on any atom is 0.183 e. The zero-order valence-corrected chi connectivity index (χ0v) is 11.1. The average Bonchev–Trinajstić information content (AvgIpc) is 2.29. The Kier molecular flexibility index (Phi) is 6.01. The Hall–Kier alpha value is -1.06. The van der Waals surface area contributed by atoms with E-state index >= 15 is 0 Å². The summed E-state index contributed by atoms with van der Waals surface area (Å²) in [6.07, 6.45) is -0.0893. The third-order valence-corrected chi connectivity index (χ3v) is 2.16. The van der Waals surface area contributed by atoms with E-state index in [2.05, 4.69) is 0 Å². The topological polar surface area (TPSA) is 27.7 Å². The fourth-order valence-electron chi connectivity index (χ4n) is 1.52. The van der Waals surface area contributed by atoms with E-state index in [0.29, 0.717) is 13.2 Å². The molecule has 0 aromatic heterocycles. The highest BCUT2D eigenvalue weighted by atomic mass is 16.7. The Morgan fingerprint density at radius 2 is 1.47 bits per heavy atom. The number of hydrogen-bond acceptors (Lipinski definition) is 3. The van der Waals surface area contributed by atoms with E-state index in [4.69, 9.17) is 14.2 Å². The van der Waals surface area contributed by atoms with Gasteiger partial charge in [0.2, 0.25) is 0 Å². The van der Waals surface area contributed by atoms with E-state index in [-0.39, 0.29) is 12.4 Å². The van der Waals surface area contributed by atoms with Crippen LogP contribution in [0.1, 0.15) is 39.5 Å². The lowest BCUT2D eigenvalue weighted by atomic mass is 10.2. The Labute approximate surface area is 104 Å². The minimum atomic E-state index is -0.280. The van der Waals surface area contributed by atoms with Crippen molar-refractivity contribution in [1.29, 1.82) is 0 Å². The van der Waals surface area contributed by atoms with E-state index in [1.165, 1.54) is 0 Å². The minimum absolute atomic E-state index is 0.190. The van der Waals surface area contributed by atoms with Gasteiger partial charge in [-0.2, -0.15) is 0 Å². The summed E-state index contributed by atoms with van der Waals surface area (Å²) in [4.78, 5) is 0. The van der Waals surface area contributed by atoms with Crippen molar-refractivity contribution in [2.24, 2.45) is 0 Å². The van der Waals surface area contributed by atoms with Crippen molar-refractivity contribution in [3.8, 4) is 5.75 Å². The summed E-state index contributed by atoms with van der Waals surface area (Å²) in [6, 6.07) is 7.85. The molecule has 0 unspecified atom stereocenters. The van der Waals surface area contributed by atoms with Gasteiger partial charge in [-0.05, 0) is 39.8 Å². The standard InChI is InChI=1S/C14H22O3/c1-5-15-14(16-6-2)12-7-9-13(10-8-12)17-11(3)4/h7-11,14H,5-6H2,1-4H3. The third kappa shape index (κ3) is 4.75. The summed E-state index contributed by atoms with van der Waals surface area (Å²) in [5, 5.41) is 0. The summed E-state index contributed by atoms with van der Waals surface area (Å²) in [6.45, 7) is 9.21. The van der Waals surface area contributed by atoms with Gasteiger partial charge in [-0.3, -0.25) is 0 Å². The summed E-state index contributed by atoms with van der Waals surface area (Å²) in [5.74, 6) is 0.871. The van der Waals surface area contributed by atoms with Crippen LogP contribution in [0, 0.1) is 0 Å². The molecule has 17 heavy (non-hydrogen) atoms. The van der Waals surface area contributed by atoms with Gasteiger partial charge in [-0.25, -0.2) is 0 Å². The zero-order valence-electron chi connectivity index (χ0n) is 11.1. The largest absolute Gasteiger partial charge is 0.491 e. The average molecular weight is 238 g/mol. The van der Waals surface area contributed by atoms with Crippen LogP contribution in [-0.4, -0.2) is 19.3 Å². The highest BCUT2D eigenvalue weighted by Crippen LogP contribution is 2.22. The van der Waals surface area contributed by atoms with Gasteiger partial charge in [0.05, 0.1) is 6.10 Å². The van der Waals surface area contributed by atoms with Crippen molar-refractivity contribution in [3.05, 3.63) is 29.8 Å². The van der Waals surface area contributed by atoms with Crippen molar-refractivity contribution in [3.63, 3.8) is 0 Å². The van der Waals surface area contributed by atoms with Crippen molar-refractivity contribution >= 4 is 0 Å². The van der Waals surface area contributed by atoms with Crippen LogP contribution in [0.25, 0.3) is 0 Å². The lowest BCUT2D eigenvalue weighted by Gasteiger charge is -2.18. The molecule has 0 aliphatic carbocycles. The van der Waals surface area contributed by atoms with E-state index in [1.54, 1.807) is 0 Å². The molecular weight excluding hydrogens is 216 g/mol. The van der Waals surface area contributed by atoms with Crippen molar-refractivity contribution in [1.82, 2.24) is 0 Å². The van der Waals surface area contributed by atoms with Gasteiger partial charge in [0, 0.05) is 18.8 Å². The van der Waals surface area contributed by atoms with E-state index in [1.807, 2.05) is 52.0 Å². The molecule has 0 heterocycles. The molecule has 3 heteroatoms. The van der Waals surface area contributed by atoms with Crippen LogP contribution in [0.15, 0.2) is 24.3 Å². The van der Waals surface area contributed by atoms with Crippen molar-refractivity contribution in [2.75, 3.05) is 13.2 Å². The first-order chi connectivity index (χ1) is 8.17. The second kappa shape index (κ2) is 7.30. The fourth-order valence-corrected chi connectivity index (χ4v) is 1.52. The molecule has 0 radical (unpaired) electrons. The second-order valence-corrected chi connectivity index (χ2v) is 3.98. The van der Waals surface area contributed by atoms with Crippen LogP contribution in [0.2, 0.25) is 0 Å². The van der Waals surface area contributed by atoms with Crippen molar-refractivity contribution < 1.29 is 14.2 Å². The smallest absolute Gasteiger partial charge is 0.183 e. The van der Waals surface area contributed by atoms with Gasteiger partial charge in [0.25, 0.3) is 0 Å². The fraction of sp³-hybridized carbons (Fsp3) is 0.571. The zero-order chi connectivity index (χ0) is 12.7. The number of rotatable bonds is 7. The Bertz CT molecular complexity index is 300. The first-order valence-electron chi connectivity index (χ1n) is 6.17. The molecule has 3 nitrogen and oxygen atoms in total. The first-order valence-corrected chi connectivity index (χ1v) is 6.17. The van der Waals surface area contributed by atoms with Crippen LogP contribution < -0.4 is 4.74 Å². The molecule has 0 N–H and O–H groups in total. The normalized spacial score (nSPS) is 11.2. The number of benzene rings is 1. The molecule has 0 amide bonds. The highest BCUT2D eigenvalue weighted by molar-refractivity contribution is 5.28. The van der Waals surface area contributed by atoms with E-state index < -0.39 is 0 Å². The van der Waals surface area contributed by atoms with Crippen LogP contribution >= 0.6 is 0 Å². The van der Waals surface area contributed by atoms with Crippen LogP contribution in [0.4, 0.5) is 0 Å². The Morgan fingerprint density at radius 1 is 0.941 bits per heavy atom. The van der Waals surface area contributed by atoms with Gasteiger partial charge < -0.3 is 14.2 Å². The molecule has 0 spiro atoms. The minimum Gasteiger partial charge on any atom is -0.491 e. The van der Waals surface area contributed by atoms with Gasteiger partial charge >= 0.3 is 0 Å². The summed E-state index contributed by atoms with van der Waals surface area (Å²) in [5.41, 5.74) is 1.02. The Balaban J connectivity index is 2.69. The predicted molar refractivity (Wildman–Crippen MR) is 68.2 cm³/mol.